The van der Waals surface area contributed by atoms with E-state index < -0.39 is 204 Å². The third kappa shape index (κ3) is 11.9. The van der Waals surface area contributed by atoms with Gasteiger partial charge < -0.3 is 130 Å². The van der Waals surface area contributed by atoms with E-state index in [1.165, 1.54) is 0 Å². The second-order valence-corrected chi connectivity index (χ2v) is 16.2. The molecule has 17 N–H and O–H groups in total. The average Bonchev–Trinajstić information content (AvgIpc) is 3.26. The standard InChI is InChI=1S/C36H61N3O26/c1-9(45)37-17-22(50)20(48)12(4-40)58-33(17)64-30-16(8-44)60-35(19(39-11(3)47)31(30)65-34-18(38-10(2)46)23(51)21(49)13(5-41)59-34)62-29-15(7-43)61-36(27(55)25(29)53)63-28-14(6-42)57-32(56)26(54)24(28)52/h12-36,40-44,48-56H,4-8H2,1-3H3,(H,37,45)(H,38,46)(H,39,47)/t12-,13-,14-,15-,16-,17-,18-,19-,20-,21+,22-,23-,24-,25-,26-,27-,28+,29-,30+,31-,32?,33-,34-,35-,36-/m1/s1. The lowest BCUT2D eigenvalue weighted by molar-refractivity contribution is -0.384. The van der Waals surface area contributed by atoms with Crippen LogP contribution in [0.4, 0.5) is 0 Å². The van der Waals surface area contributed by atoms with Crippen molar-refractivity contribution in [2.24, 2.45) is 0 Å². The molecule has 5 fully saturated rings. The van der Waals surface area contributed by atoms with Gasteiger partial charge in [-0.3, -0.25) is 14.4 Å². The summed E-state index contributed by atoms with van der Waals surface area (Å²) in [5.41, 5.74) is 0. The lowest BCUT2D eigenvalue weighted by atomic mass is 9.93. The van der Waals surface area contributed by atoms with Crippen molar-refractivity contribution >= 4 is 17.7 Å². The maximum atomic E-state index is 13.0. The lowest BCUT2D eigenvalue weighted by Crippen LogP contribution is -2.72. The smallest absolute Gasteiger partial charge is 0.217 e. The number of rotatable bonds is 16. The van der Waals surface area contributed by atoms with Crippen molar-refractivity contribution < 1.29 is 129 Å². The third-order valence-electron chi connectivity index (χ3n) is 11.5. The van der Waals surface area contributed by atoms with E-state index in [2.05, 4.69) is 16.0 Å². The minimum absolute atomic E-state index is 0.761. The minimum atomic E-state index is -2.15. The highest BCUT2D eigenvalue weighted by molar-refractivity contribution is 5.74. The Bertz CT molecular complexity index is 1550. The Morgan fingerprint density at radius 3 is 1.14 bits per heavy atom. The third-order valence-corrected chi connectivity index (χ3v) is 11.5. The molecule has 376 valence electrons. The van der Waals surface area contributed by atoms with Crippen LogP contribution < -0.4 is 16.0 Å². The van der Waals surface area contributed by atoms with E-state index in [0.29, 0.717) is 0 Å². The number of hydrogen-bond donors (Lipinski definition) is 17. The average molecular weight is 952 g/mol. The van der Waals surface area contributed by atoms with Gasteiger partial charge in [-0.1, -0.05) is 0 Å². The topological polar surface area (TPSA) is 454 Å². The quantitative estimate of drug-likeness (QED) is 0.0683. The van der Waals surface area contributed by atoms with Crippen molar-refractivity contribution in [1.82, 2.24) is 16.0 Å². The van der Waals surface area contributed by atoms with Crippen LogP contribution in [0.3, 0.4) is 0 Å². The van der Waals surface area contributed by atoms with Gasteiger partial charge in [0.25, 0.3) is 0 Å². The zero-order valence-corrected chi connectivity index (χ0v) is 35.1. The van der Waals surface area contributed by atoms with Crippen LogP contribution in [0.2, 0.25) is 0 Å². The molecule has 0 aromatic heterocycles. The van der Waals surface area contributed by atoms with E-state index in [9.17, 15) is 85.9 Å². The van der Waals surface area contributed by atoms with Crippen LogP contribution in [0.1, 0.15) is 20.8 Å². The monoisotopic (exact) mass is 951 g/mol. The Morgan fingerprint density at radius 1 is 0.369 bits per heavy atom. The van der Waals surface area contributed by atoms with Crippen molar-refractivity contribution in [3.63, 3.8) is 0 Å². The highest BCUT2D eigenvalue weighted by Gasteiger charge is 2.58. The molecule has 25 atom stereocenters. The van der Waals surface area contributed by atoms with Gasteiger partial charge in [-0.15, -0.1) is 0 Å². The molecule has 29 nitrogen and oxygen atoms in total. The predicted molar refractivity (Wildman–Crippen MR) is 201 cm³/mol. The summed E-state index contributed by atoms with van der Waals surface area (Å²) in [6, 6.07) is -5.06. The number of carbonyl (C=O) groups excluding carboxylic acids is 3. The molecule has 5 heterocycles. The van der Waals surface area contributed by atoms with Gasteiger partial charge in [0.15, 0.2) is 31.5 Å². The second kappa shape index (κ2) is 23.2. The summed E-state index contributed by atoms with van der Waals surface area (Å²) in [5, 5.41) is 155. The molecule has 0 aliphatic carbocycles. The summed E-state index contributed by atoms with van der Waals surface area (Å²) in [6.07, 6.45) is -40.5. The van der Waals surface area contributed by atoms with Crippen LogP contribution in [0, 0.1) is 0 Å². The van der Waals surface area contributed by atoms with Gasteiger partial charge >= 0.3 is 0 Å². The molecule has 0 spiro atoms. The van der Waals surface area contributed by atoms with Crippen molar-refractivity contribution in [2.75, 3.05) is 33.0 Å². The molecule has 29 heteroatoms. The number of aliphatic hydroxyl groups excluding tert-OH is 14. The Hall–Kier alpha value is -2.51. The molecule has 0 bridgehead atoms. The van der Waals surface area contributed by atoms with Crippen LogP contribution in [-0.2, 0) is 57.0 Å². The fourth-order valence-electron chi connectivity index (χ4n) is 8.24. The van der Waals surface area contributed by atoms with Gasteiger partial charge in [0.1, 0.15) is 122 Å². The SMILES string of the molecule is CC(=O)N[C@H]1[C@@H](O[C@@H]2[C@@H](NC(C)=O)[C@@H](O[C@H]3[C@H](O)[C@@H](O)[C@@H](O[C@@H]4[C@H](O)[C@@H](O)C(O)O[C@@H]4CO)O[C@@H]3CO)O[C@H](CO)[C@@H]2O[C@H]2O[C@H](CO)[C@@H](O)[C@H](O)[C@H]2NC(C)=O)O[C@H](CO)[C@H](O)[C@@H]1O. The lowest BCUT2D eigenvalue weighted by Gasteiger charge is -2.52. The van der Waals surface area contributed by atoms with Gasteiger partial charge in [0.2, 0.25) is 17.7 Å². The van der Waals surface area contributed by atoms with Crippen LogP contribution in [0.5, 0.6) is 0 Å². The molecule has 5 saturated heterocycles. The molecule has 5 aliphatic rings. The highest BCUT2D eigenvalue weighted by atomic mass is 16.8. The molecule has 5 rings (SSSR count). The molecule has 0 aromatic rings. The Kier molecular flexibility index (Phi) is 19.1. The first-order valence-electron chi connectivity index (χ1n) is 20.6. The zero-order chi connectivity index (χ0) is 48.2. The Morgan fingerprint density at radius 2 is 0.692 bits per heavy atom. The number of carbonyl (C=O) groups is 3. The van der Waals surface area contributed by atoms with Crippen molar-refractivity contribution in [3.8, 4) is 0 Å². The first-order chi connectivity index (χ1) is 30.7. The summed E-state index contributed by atoms with van der Waals surface area (Å²) in [6.45, 7) is -1.64. The largest absolute Gasteiger partial charge is 0.394 e. The van der Waals surface area contributed by atoms with Crippen LogP contribution in [0.25, 0.3) is 0 Å². The van der Waals surface area contributed by atoms with E-state index in [1.54, 1.807) is 0 Å². The van der Waals surface area contributed by atoms with E-state index in [-0.39, 0.29) is 0 Å². The summed E-state index contributed by atoms with van der Waals surface area (Å²) < 4.78 is 52.6. The maximum Gasteiger partial charge on any atom is 0.217 e. The van der Waals surface area contributed by atoms with Gasteiger partial charge in [-0.05, 0) is 0 Å². The van der Waals surface area contributed by atoms with Crippen molar-refractivity contribution in [1.29, 1.82) is 0 Å². The van der Waals surface area contributed by atoms with Gasteiger partial charge in [-0.25, -0.2) is 0 Å². The van der Waals surface area contributed by atoms with E-state index >= 15 is 0 Å². The normalized spacial score (nSPS) is 47.1. The van der Waals surface area contributed by atoms with Gasteiger partial charge in [0.05, 0.1) is 33.0 Å². The number of nitrogens with one attached hydrogen (secondary N) is 3. The number of ether oxygens (including phenoxy) is 9. The molecule has 65 heavy (non-hydrogen) atoms. The van der Waals surface area contributed by atoms with Gasteiger partial charge in [-0.2, -0.15) is 0 Å². The first-order valence-corrected chi connectivity index (χ1v) is 20.6. The Labute approximate surface area is 369 Å². The predicted octanol–water partition coefficient (Wildman–Crippen LogP) is -11.5. The van der Waals surface area contributed by atoms with Crippen molar-refractivity contribution in [3.05, 3.63) is 0 Å². The van der Waals surface area contributed by atoms with E-state index in [4.69, 9.17) is 42.6 Å². The summed E-state index contributed by atoms with van der Waals surface area (Å²) in [4.78, 5) is 37.6. The molecule has 5 aliphatic heterocycles. The first kappa shape index (κ1) is 53.4. The van der Waals surface area contributed by atoms with Crippen molar-refractivity contribution in [2.45, 2.75) is 174 Å². The van der Waals surface area contributed by atoms with E-state index in [1.807, 2.05) is 0 Å². The molecule has 0 aromatic carbocycles. The molecule has 0 saturated carbocycles. The van der Waals surface area contributed by atoms with Crippen LogP contribution in [-0.4, -0.2) is 276 Å². The fraction of sp³-hybridized carbons (Fsp3) is 0.917. The maximum absolute atomic E-state index is 13.0. The second-order valence-electron chi connectivity index (χ2n) is 16.2. The van der Waals surface area contributed by atoms with Crippen LogP contribution in [0.15, 0.2) is 0 Å². The van der Waals surface area contributed by atoms with Gasteiger partial charge in [0, 0.05) is 20.8 Å². The zero-order valence-electron chi connectivity index (χ0n) is 35.1. The number of amides is 3. The fourth-order valence-corrected chi connectivity index (χ4v) is 8.24. The van der Waals surface area contributed by atoms with E-state index in [0.717, 1.165) is 20.8 Å². The summed E-state index contributed by atoms with van der Waals surface area (Å²) >= 11 is 0. The highest BCUT2D eigenvalue weighted by Crippen LogP contribution is 2.37. The minimum Gasteiger partial charge on any atom is -0.394 e. The summed E-state index contributed by atoms with van der Waals surface area (Å²) in [5.74, 6) is -2.40. The molecular formula is C36H61N3O26. The molecule has 1 unspecified atom stereocenters. The molecular weight excluding hydrogens is 890 g/mol. The number of aliphatic hydroxyl groups is 14. The summed E-state index contributed by atoms with van der Waals surface area (Å²) in [7, 11) is 0. The Balaban J connectivity index is 1.54. The van der Waals surface area contributed by atoms with Crippen LogP contribution >= 0.6 is 0 Å². The molecule has 0 radical (unpaired) electrons. The molecule has 3 amide bonds. The number of hydrogen-bond acceptors (Lipinski definition) is 26.